The van der Waals surface area contributed by atoms with E-state index >= 15 is 0 Å². The van der Waals surface area contributed by atoms with Crippen LogP contribution in [0, 0.1) is 0 Å². The van der Waals surface area contributed by atoms with Gasteiger partial charge in [-0.05, 0) is 24.6 Å². The standard InChI is InChI=1S/C11H12ClN3O/c1-8(12)11-7-15(14-13-11)6-9-3-2-4-10(16)5-9/h2-5,7-8,16H,6H2,1H3. The van der Waals surface area contributed by atoms with Crippen LogP contribution in [0.2, 0.25) is 0 Å². The number of benzene rings is 1. The lowest BCUT2D eigenvalue weighted by atomic mass is 10.2. The lowest BCUT2D eigenvalue weighted by molar-refractivity contribution is 0.474. The molecule has 1 aromatic heterocycles. The number of hydrogen-bond donors (Lipinski definition) is 1. The molecule has 0 fully saturated rings. The summed E-state index contributed by atoms with van der Waals surface area (Å²) in [4.78, 5) is 0. The summed E-state index contributed by atoms with van der Waals surface area (Å²) in [6.45, 7) is 2.43. The molecule has 0 radical (unpaired) electrons. The maximum Gasteiger partial charge on any atom is 0.115 e. The van der Waals surface area contributed by atoms with Crippen molar-refractivity contribution in [2.24, 2.45) is 0 Å². The second-order valence-corrected chi connectivity index (χ2v) is 4.28. The smallest absolute Gasteiger partial charge is 0.115 e. The number of halogens is 1. The van der Waals surface area contributed by atoms with E-state index in [9.17, 15) is 5.11 Å². The van der Waals surface area contributed by atoms with Gasteiger partial charge in [-0.2, -0.15) is 0 Å². The zero-order valence-electron chi connectivity index (χ0n) is 8.84. The van der Waals surface area contributed by atoms with Gasteiger partial charge in [-0.3, -0.25) is 0 Å². The quantitative estimate of drug-likeness (QED) is 0.834. The van der Waals surface area contributed by atoms with Gasteiger partial charge in [-0.1, -0.05) is 17.3 Å². The first-order valence-electron chi connectivity index (χ1n) is 4.97. The van der Waals surface area contributed by atoms with Crippen molar-refractivity contribution in [3.8, 4) is 5.75 Å². The molecule has 0 saturated carbocycles. The molecule has 1 atom stereocenters. The maximum atomic E-state index is 9.32. The van der Waals surface area contributed by atoms with Gasteiger partial charge in [-0.25, -0.2) is 4.68 Å². The molecule has 4 nitrogen and oxygen atoms in total. The van der Waals surface area contributed by atoms with Crippen LogP contribution in [0.1, 0.15) is 23.6 Å². The number of phenols is 1. The predicted molar refractivity (Wildman–Crippen MR) is 61.5 cm³/mol. The Labute approximate surface area is 98.5 Å². The van der Waals surface area contributed by atoms with E-state index in [2.05, 4.69) is 10.3 Å². The van der Waals surface area contributed by atoms with Crippen LogP contribution >= 0.6 is 11.6 Å². The fourth-order valence-electron chi connectivity index (χ4n) is 1.41. The minimum atomic E-state index is -0.141. The summed E-state index contributed by atoms with van der Waals surface area (Å²) in [5.41, 5.74) is 1.72. The second kappa shape index (κ2) is 4.53. The van der Waals surface area contributed by atoms with Crippen LogP contribution in [0.4, 0.5) is 0 Å². The summed E-state index contributed by atoms with van der Waals surface area (Å²) in [7, 11) is 0. The Bertz CT molecular complexity index is 482. The van der Waals surface area contributed by atoms with Crippen LogP contribution in [0.5, 0.6) is 5.75 Å². The Morgan fingerprint density at radius 3 is 2.94 bits per heavy atom. The van der Waals surface area contributed by atoms with Gasteiger partial charge in [-0.15, -0.1) is 16.7 Å². The van der Waals surface area contributed by atoms with Gasteiger partial charge in [0.15, 0.2) is 0 Å². The Balaban J connectivity index is 2.14. The average Bonchev–Trinajstić information content (AvgIpc) is 2.66. The van der Waals surface area contributed by atoms with E-state index in [1.165, 1.54) is 0 Å². The van der Waals surface area contributed by atoms with Crippen molar-refractivity contribution in [2.45, 2.75) is 18.8 Å². The minimum Gasteiger partial charge on any atom is -0.508 e. The van der Waals surface area contributed by atoms with E-state index in [-0.39, 0.29) is 11.1 Å². The molecule has 0 bridgehead atoms. The van der Waals surface area contributed by atoms with E-state index in [0.717, 1.165) is 11.3 Å². The lowest BCUT2D eigenvalue weighted by Crippen LogP contribution is -2.00. The molecule has 0 spiro atoms. The number of aromatic hydroxyl groups is 1. The van der Waals surface area contributed by atoms with Gasteiger partial charge in [0, 0.05) is 0 Å². The summed E-state index contributed by atoms with van der Waals surface area (Å²) in [6.07, 6.45) is 1.81. The van der Waals surface area contributed by atoms with Gasteiger partial charge in [0.25, 0.3) is 0 Å². The van der Waals surface area contributed by atoms with Gasteiger partial charge in [0.2, 0.25) is 0 Å². The molecule has 2 aromatic rings. The maximum absolute atomic E-state index is 9.32. The molecular formula is C11H12ClN3O. The SMILES string of the molecule is CC(Cl)c1cn(Cc2cccc(O)c2)nn1. The van der Waals surface area contributed by atoms with Crippen molar-refractivity contribution in [3.63, 3.8) is 0 Å². The highest BCUT2D eigenvalue weighted by Crippen LogP contribution is 2.16. The first kappa shape index (κ1) is 11.0. The van der Waals surface area contributed by atoms with Gasteiger partial charge >= 0.3 is 0 Å². The van der Waals surface area contributed by atoms with Gasteiger partial charge in [0.05, 0.1) is 18.1 Å². The van der Waals surface area contributed by atoms with Crippen molar-refractivity contribution >= 4 is 11.6 Å². The molecule has 0 amide bonds. The zero-order valence-corrected chi connectivity index (χ0v) is 9.59. The molecule has 0 saturated heterocycles. The fourth-order valence-corrected chi connectivity index (χ4v) is 1.51. The summed E-state index contributed by atoms with van der Waals surface area (Å²) in [5.74, 6) is 0.253. The number of rotatable bonds is 3. The van der Waals surface area contributed by atoms with Crippen molar-refractivity contribution in [1.82, 2.24) is 15.0 Å². The molecule has 2 rings (SSSR count). The third-order valence-corrected chi connectivity index (χ3v) is 2.44. The van der Waals surface area contributed by atoms with Crippen LogP contribution in [-0.2, 0) is 6.54 Å². The molecular weight excluding hydrogens is 226 g/mol. The summed E-state index contributed by atoms with van der Waals surface area (Å²) >= 11 is 5.89. The number of alkyl halides is 1. The molecule has 1 heterocycles. The van der Waals surface area contributed by atoms with Crippen molar-refractivity contribution in [1.29, 1.82) is 0 Å². The molecule has 0 aliphatic heterocycles. The fraction of sp³-hybridized carbons (Fsp3) is 0.273. The molecule has 1 unspecified atom stereocenters. The normalized spacial score (nSPS) is 12.6. The molecule has 1 aromatic carbocycles. The Kier molecular flexibility index (Phi) is 3.10. The number of nitrogens with zero attached hydrogens (tertiary/aromatic N) is 3. The average molecular weight is 238 g/mol. The largest absolute Gasteiger partial charge is 0.508 e. The van der Waals surface area contributed by atoms with E-state index in [4.69, 9.17) is 11.6 Å². The second-order valence-electron chi connectivity index (χ2n) is 3.63. The Hall–Kier alpha value is -1.55. The highest BCUT2D eigenvalue weighted by atomic mass is 35.5. The third kappa shape index (κ3) is 2.52. The summed E-state index contributed by atoms with van der Waals surface area (Å²) < 4.78 is 1.70. The number of phenolic OH excluding ortho intramolecular Hbond substituents is 1. The van der Waals surface area contributed by atoms with Crippen molar-refractivity contribution in [2.75, 3.05) is 0 Å². The topological polar surface area (TPSA) is 50.9 Å². The van der Waals surface area contributed by atoms with E-state index < -0.39 is 0 Å². The number of hydrogen-bond acceptors (Lipinski definition) is 3. The lowest BCUT2D eigenvalue weighted by Gasteiger charge is -2.01. The highest BCUT2D eigenvalue weighted by Gasteiger charge is 2.06. The minimum absolute atomic E-state index is 0.141. The van der Waals surface area contributed by atoms with Crippen LogP contribution < -0.4 is 0 Å². The molecule has 5 heteroatoms. The third-order valence-electron chi connectivity index (χ3n) is 2.22. The van der Waals surface area contributed by atoms with Crippen molar-refractivity contribution < 1.29 is 5.11 Å². The predicted octanol–water partition coefficient (Wildman–Crippen LogP) is 2.33. The summed E-state index contributed by atoms with van der Waals surface area (Å²) in [5, 5.41) is 17.1. The van der Waals surface area contributed by atoms with Crippen LogP contribution in [-0.4, -0.2) is 20.1 Å². The van der Waals surface area contributed by atoms with Crippen LogP contribution in [0.25, 0.3) is 0 Å². The zero-order chi connectivity index (χ0) is 11.5. The monoisotopic (exact) mass is 237 g/mol. The van der Waals surface area contributed by atoms with Gasteiger partial charge in [0.1, 0.15) is 11.4 Å². The Morgan fingerprint density at radius 1 is 1.50 bits per heavy atom. The first-order valence-corrected chi connectivity index (χ1v) is 5.41. The molecule has 0 aliphatic rings. The molecule has 1 N–H and O–H groups in total. The highest BCUT2D eigenvalue weighted by molar-refractivity contribution is 6.20. The molecule has 84 valence electrons. The van der Waals surface area contributed by atoms with Crippen LogP contribution in [0.3, 0.4) is 0 Å². The molecule has 0 aliphatic carbocycles. The van der Waals surface area contributed by atoms with Crippen molar-refractivity contribution in [3.05, 3.63) is 41.7 Å². The number of aromatic nitrogens is 3. The van der Waals surface area contributed by atoms with E-state index in [0.29, 0.717) is 6.54 Å². The molecule has 16 heavy (non-hydrogen) atoms. The van der Waals surface area contributed by atoms with E-state index in [1.54, 1.807) is 22.9 Å². The van der Waals surface area contributed by atoms with E-state index in [1.807, 2.05) is 19.2 Å². The summed E-state index contributed by atoms with van der Waals surface area (Å²) in [6, 6.07) is 7.06. The van der Waals surface area contributed by atoms with Crippen LogP contribution in [0.15, 0.2) is 30.5 Å². The first-order chi connectivity index (χ1) is 7.65. The van der Waals surface area contributed by atoms with Gasteiger partial charge < -0.3 is 5.11 Å². The Morgan fingerprint density at radius 2 is 2.31 bits per heavy atom.